The summed E-state index contributed by atoms with van der Waals surface area (Å²) in [5.74, 6) is -0.931. The summed E-state index contributed by atoms with van der Waals surface area (Å²) in [5, 5.41) is 2.98. The highest BCUT2D eigenvalue weighted by Gasteiger charge is 2.42. The van der Waals surface area contributed by atoms with E-state index in [-0.39, 0.29) is 11.5 Å². The van der Waals surface area contributed by atoms with Crippen LogP contribution in [0.15, 0.2) is 60.7 Å². The maximum atomic E-state index is 13.5. The fourth-order valence-corrected chi connectivity index (χ4v) is 5.13. The van der Waals surface area contributed by atoms with Crippen LogP contribution in [0.3, 0.4) is 0 Å². The molecule has 1 saturated carbocycles. The number of nitrogens with two attached hydrogens (primary N) is 1. The minimum atomic E-state index is -1.03. The molecule has 3 N–H and O–H groups in total. The molecule has 1 aromatic heterocycles. The summed E-state index contributed by atoms with van der Waals surface area (Å²) in [5.41, 5.74) is 11.3. The summed E-state index contributed by atoms with van der Waals surface area (Å²) in [4.78, 5) is 31.1. The van der Waals surface area contributed by atoms with Gasteiger partial charge in [0.15, 0.2) is 0 Å². The second kappa shape index (κ2) is 11.7. The maximum Gasteiger partial charge on any atom is 0.331 e. The molecule has 2 radical (unpaired) electrons. The van der Waals surface area contributed by atoms with E-state index in [1.54, 1.807) is 6.07 Å². The quantitative estimate of drug-likeness (QED) is 0.236. The number of carbonyl (C=O) groups excluding carboxylic acids is 2. The van der Waals surface area contributed by atoms with Crippen molar-refractivity contribution in [1.29, 1.82) is 0 Å². The van der Waals surface area contributed by atoms with E-state index in [1.807, 2.05) is 74.5 Å². The standard InChI is InChI=1S/C31H34BN3O3/c1-20(32)12-13-23-21(2)24(14-16-26(23)33)28-25(22-10-6-4-7-11-22)15-17-27(34-28)29(36)35-31(30(37)38-3)18-8-5-9-19-31/h4,6-7,10-17,20H,5,8-9,18-19,33H2,1-3H3,(H,35,36)/b13-12+. The Kier molecular flexibility index (Phi) is 8.35. The fourth-order valence-electron chi connectivity index (χ4n) is 5.13. The molecule has 7 heteroatoms. The van der Waals surface area contributed by atoms with Gasteiger partial charge < -0.3 is 15.8 Å². The van der Waals surface area contributed by atoms with Gasteiger partial charge in [-0.3, -0.25) is 4.79 Å². The smallest absolute Gasteiger partial charge is 0.331 e. The molecule has 0 saturated heterocycles. The Hall–Kier alpha value is -3.87. The lowest BCUT2D eigenvalue weighted by atomic mass is 9.81. The molecule has 1 fully saturated rings. The lowest BCUT2D eigenvalue weighted by Gasteiger charge is -2.35. The molecular weight excluding hydrogens is 473 g/mol. The molecule has 38 heavy (non-hydrogen) atoms. The first-order chi connectivity index (χ1) is 18.3. The highest BCUT2D eigenvalue weighted by Crippen LogP contribution is 2.36. The fraction of sp³-hybridized carbons (Fsp3) is 0.323. The molecular formula is C31H34BN3O3. The van der Waals surface area contributed by atoms with Crippen molar-refractivity contribution in [3.8, 4) is 22.4 Å². The van der Waals surface area contributed by atoms with Crippen LogP contribution >= 0.6 is 0 Å². The van der Waals surface area contributed by atoms with Gasteiger partial charge in [0.2, 0.25) is 0 Å². The first kappa shape index (κ1) is 27.2. The normalized spacial score (nSPS) is 15.7. The molecule has 0 bridgehead atoms. The number of esters is 1. The number of hydrogen-bond acceptors (Lipinski definition) is 5. The summed E-state index contributed by atoms with van der Waals surface area (Å²) in [6, 6.07) is 17.3. The Morgan fingerprint density at radius 1 is 1.05 bits per heavy atom. The van der Waals surface area contributed by atoms with Gasteiger partial charge in [-0.2, -0.15) is 0 Å². The van der Waals surface area contributed by atoms with Crippen molar-refractivity contribution in [2.75, 3.05) is 12.8 Å². The zero-order chi connectivity index (χ0) is 27.3. The van der Waals surface area contributed by atoms with E-state index in [1.165, 1.54) is 7.11 Å². The number of hydrogen-bond donors (Lipinski definition) is 2. The van der Waals surface area contributed by atoms with E-state index in [2.05, 4.69) is 5.32 Å². The van der Waals surface area contributed by atoms with Crippen molar-refractivity contribution < 1.29 is 14.3 Å². The van der Waals surface area contributed by atoms with Crippen molar-refractivity contribution >= 4 is 31.5 Å². The molecule has 194 valence electrons. The molecule has 1 aliphatic carbocycles. The topological polar surface area (TPSA) is 94.3 Å². The number of benzene rings is 2. The average Bonchev–Trinajstić information content (AvgIpc) is 2.93. The van der Waals surface area contributed by atoms with E-state index in [0.717, 1.165) is 47.1 Å². The van der Waals surface area contributed by atoms with Crippen LogP contribution < -0.4 is 11.1 Å². The van der Waals surface area contributed by atoms with Crippen LogP contribution in [-0.4, -0.2) is 37.4 Å². The molecule has 1 amide bonds. The molecule has 6 nitrogen and oxygen atoms in total. The number of anilines is 1. The van der Waals surface area contributed by atoms with Crippen LogP contribution in [0.2, 0.25) is 5.82 Å². The first-order valence-electron chi connectivity index (χ1n) is 13.1. The van der Waals surface area contributed by atoms with Crippen LogP contribution in [0.25, 0.3) is 28.5 Å². The lowest BCUT2D eigenvalue weighted by molar-refractivity contribution is -0.149. The van der Waals surface area contributed by atoms with Crippen LogP contribution in [0.5, 0.6) is 0 Å². The molecule has 1 unspecified atom stereocenters. The monoisotopic (exact) mass is 507 g/mol. The highest BCUT2D eigenvalue weighted by molar-refractivity contribution is 6.13. The summed E-state index contributed by atoms with van der Waals surface area (Å²) >= 11 is 0. The molecule has 3 aromatic rings. The minimum Gasteiger partial charge on any atom is -0.467 e. The minimum absolute atomic E-state index is 0.121. The number of ether oxygens (including phenoxy) is 1. The van der Waals surface area contributed by atoms with Crippen molar-refractivity contribution in [3.63, 3.8) is 0 Å². The van der Waals surface area contributed by atoms with Gasteiger partial charge in [-0.05, 0) is 49.1 Å². The predicted molar refractivity (Wildman–Crippen MR) is 154 cm³/mol. The van der Waals surface area contributed by atoms with E-state index in [9.17, 15) is 9.59 Å². The van der Waals surface area contributed by atoms with Gasteiger partial charge in [-0.1, -0.05) is 80.6 Å². The number of rotatable bonds is 7. The van der Waals surface area contributed by atoms with E-state index in [4.69, 9.17) is 23.3 Å². The van der Waals surface area contributed by atoms with Gasteiger partial charge in [0.05, 0.1) is 20.7 Å². The number of aromatic nitrogens is 1. The Morgan fingerprint density at radius 3 is 2.39 bits per heavy atom. The van der Waals surface area contributed by atoms with Crippen LogP contribution in [0, 0.1) is 6.92 Å². The number of methoxy groups -OCH3 is 1. The molecule has 0 aliphatic heterocycles. The number of nitrogens with one attached hydrogen (secondary N) is 1. The van der Waals surface area contributed by atoms with Crippen LogP contribution in [-0.2, 0) is 9.53 Å². The number of allylic oxidation sites excluding steroid dienone is 1. The largest absolute Gasteiger partial charge is 0.467 e. The van der Waals surface area contributed by atoms with Crippen molar-refractivity contribution in [3.05, 3.63) is 77.5 Å². The third-order valence-electron chi connectivity index (χ3n) is 7.22. The van der Waals surface area contributed by atoms with Crippen molar-refractivity contribution in [2.24, 2.45) is 0 Å². The van der Waals surface area contributed by atoms with Gasteiger partial charge in [-0.15, -0.1) is 0 Å². The molecule has 2 aromatic carbocycles. The number of nitrogen functional groups attached to an aromatic ring is 1. The second-order valence-electron chi connectivity index (χ2n) is 10.0. The number of nitrogens with zero attached hydrogens (tertiary/aromatic N) is 1. The van der Waals surface area contributed by atoms with Crippen molar-refractivity contribution in [2.45, 2.75) is 57.3 Å². The molecule has 4 rings (SSSR count). The zero-order valence-electron chi connectivity index (χ0n) is 22.3. The van der Waals surface area contributed by atoms with Gasteiger partial charge in [0.25, 0.3) is 5.91 Å². The second-order valence-corrected chi connectivity index (χ2v) is 10.0. The third-order valence-corrected chi connectivity index (χ3v) is 7.22. The van der Waals surface area contributed by atoms with E-state index >= 15 is 0 Å². The highest BCUT2D eigenvalue weighted by atomic mass is 16.5. The Labute approximate surface area is 226 Å². The SMILES string of the molecule is [B]C(C)/C=C/c1c(N)ccc(-c2nc(C(=O)NC3(C(=O)OC)CCCCC3)ccc2-c2ccccc2)c1C. The van der Waals surface area contributed by atoms with Gasteiger partial charge in [0.1, 0.15) is 11.2 Å². The van der Waals surface area contributed by atoms with Crippen LogP contribution in [0.1, 0.15) is 60.6 Å². The summed E-state index contributed by atoms with van der Waals surface area (Å²) < 4.78 is 5.08. The number of amides is 1. The van der Waals surface area contributed by atoms with Crippen LogP contribution in [0.4, 0.5) is 5.69 Å². The molecule has 1 heterocycles. The number of pyridine rings is 1. The molecule has 0 spiro atoms. The molecule has 1 aliphatic rings. The van der Waals surface area contributed by atoms with E-state index < -0.39 is 17.4 Å². The summed E-state index contributed by atoms with van der Waals surface area (Å²) in [7, 11) is 7.30. The summed E-state index contributed by atoms with van der Waals surface area (Å²) in [6.45, 7) is 3.89. The van der Waals surface area contributed by atoms with Crippen molar-refractivity contribution in [1.82, 2.24) is 10.3 Å². The van der Waals surface area contributed by atoms with E-state index in [0.29, 0.717) is 24.2 Å². The predicted octanol–water partition coefficient (Wildman–Crippen LogP) is 5.90. The lowest BCUT2D eigenvalue weighted by Crippen LogP contribution is -2.56. The third kappa shape index (κ3) is 5.67. The van der Waals surface area contributed by atoms with Gasteiger partial charge >= 0.3 is 5.97 Å². The first-order valence-corrected chi connectivity index (χ1v) is 13.1. The zero-order valence-corrected chi connectivity index (χ0v) is 22.3. The van der Waals surface area contributed by atoms with Gasteiger partial charge in [0, 0.05) is 22.4 Å². The Bertz CT molecular complexity index is 1350. The average molecular weight is 507 g/mol. The Morgan fingerprint density at radius 2 is 1.74 bits per heavy atom. The maximum absolute atomic E-state index is 13.5. The molecule has 1 atom stereocenters. The number of carbonyl (C=O) groups is 2. The summed E-state index contributed by atoms with van der Waals surface area (Å²) in [6.07, 6.45) is 7.65. The Balaban J connectivity index is 1.82. The van der Waals surface area contributed by atoms with Gasteiger partial charge in [-0.25, -0.2) is 9.78 Å².